The zero-order chi connectivity index (χ0) is 44.9. The first-order valence-corrected chi connectivity index (χ1v) is 19.9. The van der Waals surface area contributed by atoms with Gasteiger partial charge in [0.15, 0.2) is 0 Å². The molecule has 3 aromatic carbocycles. The van der Waals surface area contributed by atoms with E-state index in [1.807, 2.05) is 32.2 Å². The second kappa shape index (κ2) is 19.1. The highest BCUT2D eigenvalue weighted by Gasteiger charge is 2.39. The minimum atomic E-state index is -5.08. The average molecular weight is 881 g/mol. The van der Waals surface area contributed by atoms with Crippen LogP contribution in [0.15, 0.2) is 73.1 Å². The Morgan fingerprint density at radius 3 is 2.32 bits per heavy atom. The van der Waals surface area contributed by atoms with Gasteiger partial charge >= 0.3 is 24.3 Å². The molecule has 0 bridgehead atoms. The number of carbonyl (C=O) groups is 5. The molecule has 4 amide bonds. The van der Waals surface area contributed by atoms with Gasteiger partial charge in [-0.15, -0.1) is 11.6 Å². The number of carboxylic acids is 1. The molecule has 2 aromatic heterocycles. The second-order valence-corrected chi connectivity index (χ2v) is 15.0. The van der Waals surface area contributed by atoms with E-state index in [0.717, 1.165) is 35.0 Å². The lowest BCUT2D eigenvalue weighted by Crippen LogP contribution is -2.48. The highest BCUT2D eigenvalue weighted by atomic mass is 35.5. The number of aromatic nitrogens is 2. The van der Waals surface area contributed by atoms with Crippen LogP contribution in [-0.4, -0.2) is 138 Å². The van der Waals surface area contributed by atoms with E-state index in [1.165, 1.54) is 4.90 Å². The van der Waals surface area contributed by atoms with Crippen molar-refractivity contribution >= 4 is 69.4 Å². The predicted molar refractivity (Wildman–Crippen MR) is 225 cm³/mol. The minimum Gasteiger partial charge on any atom is -0.475 e. The van der Waals surface area contributed by atoms with Crippen LogP contribution in [0.2, 0.25) is 0 Å². The van der Waals surface area contributed by atoms with E-state index in [0.29, 0.717) is 66.8 Å². The molecule has 1 fully saturated rings. The number of carboxylic acid groups (broad SMARTS) is 1. The lowest BCUT2D eigenvalue weighted by Gasteiger charge is -2.31. The normalized spacial score (nSPS) is 15.1. The van der Waals surface area contributed by atoms with Crippen LogP contribution in [0.5, 0.6) is 11.5 Å². The number of rotatable bonds is 9. The molecule has 3 N–H and O–H groups in total. The number of imidazole rings is 1. The number of aliphatic carboxylic acids is 1. The summed E-state index contributed by atoms with van der Waals surface area (Å²) >= 11 is 6.55. The average Bonchev–Trinajstić information content (AvgIpc) is 3.84. The third-order valence-corrected chi connectivity index (χ3v) is 10.7. The smallest absolute Gasteiger partial charge is 0.475 e. The van der Waals surface area contributed by atoms with Gasteiger partial charge in [-0.1, -0.05) is 18.2 Å². The molecule has 2 aliphatic rings. The number of benzene rings is 3. The van der Waals surface area contributed by atoms with Crippen LogP contribution in [-0.2, 0) is 4.79 Å². The molecule has 0 aliphatic carbocycles. The Labute approximate surface area is 358 Å². The van der Waals surface area contributed by atoms with E-state index in [4.69, 9.17) is 31.0 Å². The van der Waals surface area contributed by atoms with Crippen LogP contribution < -0.4 is 25.0 Å². The van der Waals surface area contributed by atoms with Crippen LogP contribution in [0.25, 0.3) is 16.4 Å². The molecule has 0 saturated carbocycles. The van der Waals surface area contributed by atoms with Crippen LogP contribution >= 0.6 is 11.6 Å². The fraction of sp³-hybridized carbons (Fsp3) is 0.333. The maximum atomic E-state index is 14.3. The summed E-state index contributed by atoms with van der Waals surface area (Å²) in [6, 6.07) is 17.3. The number of alkyl halides is 4. The van der Waals surface area contributed by atoms with Crippen molar-refractivity contribution in [3.63, 3.8) is 0 Å². The number of pyridine rings is 1. The van der Waals surface area contributed by atoms with Crippen molar-refractivity contribution in [3.05, 3.63) is 95.4 Å². The zero-order valence-corrected chi connectivity index (χ0v) is 34.9. The molecule has 4 heterocycles. The first kappa shape index (κ1) is 45.1. The number of ether oxygens (including phenoxy) is 2. The van der Waals surface area contributed by atoms with E-state index in [1.54, 1.807) is 83.2 Å². The van der Waals surface area contributed by atoms with Gasteiger partial charge in [0, 0.05) is 94.1 Å². The number of amides is 4. The van der Waals surface area contributed by atoms with Crippen molar-refractivity contribution in [1.82, 2.24) is 29.4 Å². The Morgan fingerprint density at radius 2 is 1.68 bits per heavy atom. The number of fused-ring (bicyclic) bond motifs is 4. The van der Waals surface area contributed by atoms with Gasteiger partial charge in [-0.25, -0.2) is 19.4 Å². The number of likely N-dealkylation sites (N-methyl/N-ethyl adjacent to an activating group) is 3. The highest BCUT2D eigenvalue weighted by molar-refractivity contribution is 6.19. The molecule has 16 nitrogen and oxygen atoms in total. The van der Waals surface area contributed by atoms with Gasteiger partial charge in [0.2, 0.25) is 0 Å². The first-order valence-electron chi connectivity index (χ1n) is 19.4. The number of hydrogen-bond donors (Lipinski definition) is 3. The van der Waals surface area contributed by atoms with Crippen molar-refractivity contribution in [1.29, 1.82) is 0 Å². The number of carbonyl (C=O) groups excluding carboxylic acids is 4. The Kier molecular flexibility index (Phi) is 13.9. The summed E-state index contributed by atoms with van der Waals surface area (Å²) < 4.78 is 44.9. The van der Waals surface area contributed by atoms with Gasteiger partial charge in [0.25, 0.3) is 11.8 Å². The summed E-state index contributed by atoms with van der Waals surface area (Å²) in [5, 5.41) is 14.7. The molecule has 328 valence electrons. The van der Waals surface area contributed by atoms with E-state index >= 15 is 0 Å². The number of nitrogens with one attached hydrogen (secondary N) is 2. The Hall–Kier alpha value is -6.44. The maximum Gasteiger partial charge on any atom is 0.490 e. The maximum absolute atomic E-state index is 14.3. The molecule has 1 saturated heterocycles. The molecule has 7 rings (SSSR count). The van der Waals surface area contributed by atoms with Gasteiger partial charge < -0.3 is 49.2 Å². The quantitative estimate of drug-likeness (QED) is 0.147. The zero-order valence-electron chi connectivity index (χ0n) is 34.2. The summed E-state index contributed by atoms with van der Waals surface area (Å²) in [5.41, 5.74) is 4.11. The van der Waals surface area contributed by atoms with Gasteiger partial charge in [0.05, 0.1) is 11.4 Å². The third kappa shape index (κ3) is 10.2. The summed E-state index contributed by atoms with van der Waals surface area (Å²) in [6.45, 7) is 6.10. The first-order chi connectivity index (χ1) is 29.5. The third-order valence-electron chi connectivity index (χ3n) is 10.3. The molecular weight excluding hydrogens is 837 g/mol. The van der Waals surface area contributed by atoms with Crippen molar-refractivity contribution in [2.24, 2.45) is 0 Å². The van der Waals surface area contributed by atoms with E-state index in [-0.39, 0.29) is 29.3 Å². The van der Waals surface area contributed by atoms with Crippen LogP contribution in [0, 0.1) is 6.92 Å². The van der Waals surface area contributed by atoms with Crippen molar-refractivity contribution < 1.29 is 51.7 Å². The highest BCUT2D eigenvalue weighted by Crippen LogP contribution is 2.47. The molecule has 62 heavy (non-hydrogen) atoms. The summed E-state index contributed by atoms with van der Waals surface area (Å²) in [4.78, 5) is 73.6. The Bertz CT molecular complexity index is 2490. The van der Waals surface area contributed by atoms with Crippen LogP contribution in [0.3, 0.4) is 0 Å². The second-order valence-electron chi connectivity index (χ2n) is 14.7. The molecule has 1 atom stereocenters. The van der Waals surface area contributed by atoms with Crippen molar-refractivity contribution in [3.8, 4) is 11.5 Å². The summed E-state index contributed by atoms with van der Waals surface area (Å²) in [5.74, 6) is -2.62. The molecule has 20 heteroatoms. The largest absolute Gasteiger partial charge is 0.490 e. The van der Waals surface area contributed by atoms with Crippen molar-refractivity contribution in [2.75, 3.05) is 83.1 Å². The summed E-state index contributed by atoms with van der Waals surface area (Å²) in [6.07, 6.45) is -2.70. The molecule has 0 spiro atoms. The molecule has 0 radical (unpaired) electrons. The van der Waals surface area contributed by atoms with Crippen LogP contribution in [0.1, 0.15) is 37.9 Å². The van der Waals surface area contributed by atoms with Crippen molar-refractivity contribution in [2.45, 2.75) is 19.0 Å². The summed E-state index contributed by atoms with van der Waals surface area (Å²) in [7, 11) is 5.47. The topological polar surface area (TPSA) is 178 Å². The number of aryl methyl sites for hydroxylation is 1. The SMILES string of the molecule is CNCCN(C)C(=O)Oc1ccc(C(=O)Nc2ccc3nc(C(=O)N4C[C@@H](CCl)c5c4cc(OC(=O)N4CCN(C)CC4)c4cccc(C)c54)cn3c2)cc1.O=C(O)C(F)(F)F. The van der Waals surface area contributed by atoms with Gasteiger partial charge in [0.1, 0.15) is 22.8 Å². The Balaban J connectivity index is 0.000000845. The fourth-order valence-electron chi connectivity index (χ4n) is 6.97. The number of piperazine rings is 1. The van der Waals surface area contributed by atoms with E-state index < -0.39 is 24.3 Å². The standard InChI is InChI=1S/C40H43ClN8O6.C2HF3O2/c1-25-6-5-7-30-33(55-40(53)47-18-16-45(3)17-19-47)20-32-36(35(25)30)27(21-41)22-49(32)38(51)31-24-48-23-28(10-13-34(48)44-31)43-37(50)26-8-11-29(12-9-26)54-39(52)46(4)15-14-42-2;3-2(4,5)1(6)7/h5-13,20,23-24,27,42H,14-19,21-22H2,1-4H3,(H,43,50);(H,6,7)/t27-;/m1./s1. The minimum absolute atomic E-state index is 0.156. The van der Waals surface area contributed by atoms with E-state index in [9.17, 15) is 32.3 Å². The number of hydrogen-bond acceptors (Lipinski definition) is 10. The van der Waals surface area contributed by atoms with Gasteiger partial charge in [-0.2, -0.15) is 13.2 Å². The predicted octanol–water partition coefficient (Wildman–Crippen LogP) is 6.06. The Morgan fingerprint density at radius 1 is 0.984 bits per heavy atom. The molecule has 2 aliphatic heterocycles. The number of anilines is 2. The van der Waals surface area contributed by atoms with E-state index in [2.05, 4.69) is 20.5 Å². The van der Waals surface area contributed by atoms with Gasteiger partial charge in [-0.3, -0.25) is 9.59 Å². The lowest BCUT2D eigenvalue weighted by atomic mass is 9.92. The molecule has 5 aromatic rings. The number of nitrogens with zero attached hydrogens (tertiary/aromatic N) is 6. The fourth-order valence-corrected chi connectivity index (χ4v) is 7.22. The molecular formula is C42H44ClF3N8O8. The lowest BCUT2D eigenvalue weighted by molar-refractivity contribution is -0.192. The molecule has 0 unspecified atom stereocenters. The van der Waals surface area contributed by atoms with Crippen LogP contribution in [0.4, 0.5) is 34.1 Å². The van der Waals surface area contributed by atoms with Gasteiger partial charge in [-0.05, 0) is 73.9 Å². The monoisotopic (exact) mass is 880 g/mol. The number of halogens is 4.